The van der Waals surface area contributed by atoms with Gasteiger partial charge >= 0.3 is 0 Å². The maximum Gasteiger partial charge on any atom is 0.229 e. The molecular weight excluding hydrogens is 324 g/mol. The van der Waals surface area contributed by atoms with E-state index in [-0.39, 0.29) is 6.04 Å². The highest BCUT2D eigenvalue weighted by molar-refractivity contribution is 5.59. The third-order valence-electron chi connectivity index (χ3n) is 4.67. The van der Waals surface area contributed by atoms with Crippen LogP contribution in [-0.2, 0) is 6.42 Å². The zero-order valence-corrected chi connectivity index (χ0v) is 15.5. The number of hydrogen-bond donors (Lipinski definition) is 2. The van der Waals surface area contributed by atoms with Crippen LogP contribution in [0.2, 0.25) is 0 Å². The Kier molecular flexibility index (Phi) is 5.69. The van der Waals surface area contributed by atoms with Crippen LogP contribution in [0.3, 0.4) is 0 Å². The predicted molar refractivity (Wildman–Crippen MR) is 105 cm³/mol. The number of rotatable bonds is 5. The van der Waals surface area contributed by atoms with Gasteiger partial charge in [0, 0.05) is 36.6 Å². The van der Waals surface area contributed by atoms with Crippen LogP contribution >= 0.6 is 0 Å². The Morgan fingerprint density at radius 1 is 1.35 bits per heavy atom. The van der Waals surface area contributed by atoms with Gasteiger partial charge in [-0.15, -0.1) is 0 Å². The molecule has 2 heterocycles. The van der Waals surface area contributed by atoms with Gasteiger partial charge in [-0.3, -0.25) is 0 Å². The zero-order valence-electron chi connectivity index (χ0n) is 15.5. The molecule has 1 aliphatic heterocycles. The van der Waals surface area contributed by atoms with Gasteiger partial charge in [-0.05, 0) is 43.9 Å². The molecular formula is C20H26N6. The molecule has 136 valence electrons. The lowest BCUT2D eigenvalue weighted by Gasteiger charge is -2.32. The molecule has 3 rings (SSSR count). The smallest absolute Gasteiger partial charge is 0.229 e. The van der Waals surface area contributed by atoms with Gasteiger partial charge in [-0.25, -0.2) is 4.98 Å². The number of piperidine rings is 1. The quantitative estimate of drug-likeness (QED) is 0.860. The van der Waals surface area contributed by atoms with Crippen molar-refractivity contribution in [2.45, 2.75) is 45.6 Å². The molecule has 6 heteroatoms. The first-order valence-corrected chi connectivity index (χ1v) is 9.25. The largest absolute Gasteiger partial charge is 0.355 e. The van der Waals surface area contributed by atoms with Crippen LogP contribution in [0.15, 0.2) is 24.3 Å². The number of anilines is 3. The van der Waals surface area contributed by atoms with Crippen LogP contribution in [-0.4, -0.2) is 29.1 Å². The van der Waals surface area contributed by atoms with Crippen LogP contribution in [0.1, 0.15) is 43.0 Å². The summed E-state index contributed by atoms with van der Waals surface area (Å²) in [6, 6.07) is 10.2. The van der Waals surface area contributed by atoms with Crippen molar-refractivity contribution >= 4 is 17.5 Å². The minimum absolute atomic E-state index is 0.194. The Morgan fingerprint density at radius 2 is 2.19 bits per heavy atom. The highest BCUT2D eigenvalue weighted by atomic mass is 15.2. The molecule has 26 heavy (non-hydrogen) atoms. The number of hydrogen-bond acceptors (Lipinski definition) is 6. The van der Waals surface area contributed by atoms with Crippen molar-refractivity contribution in [1.82, 2.24) is 9.97 Å². The number of benzene rings is 1. The average molecular weight is 350 g/mol. The maximum absolute atomic E-state index is 9.23. The molecule has 1 unspecified atom stereocenters. The molecule has 0 spiro atoms. The number of nitrogens with two attached hydrogens (primary N) is 1. The third-order valence-corrected chi connectivity index (χ3v) is 4.67. The molecule has 0 aliphatic carbocycles. The van der Waals surface area contributed by atoms with E-state index in [4.69, 9.17) is 10.7 Å². The minimum atomic E-state index is 0.194. The summed E-state index contributed by atoms with van der Waals surface area (Å²) in [6.45, 7) is 5.87. The highest BCUT2D eigenvalue weighted by Gasteiger charge is 2.19. The van der Waals surface area contributed by atoms with Crippen molar-refractivity contribution in [3.63, 3.8) is 0 Å². The van der Waals surface area contributed by atoms with Gasteiger partial charge in [-0.2, -0.15) is 10.2 Å². The number of nitrogens with one attached hydrogen (secondary N) is 1. The van der Waals surface area contributed by atoms with Crippen molar-refractivity contribution in [2.75, 3.05) is 23.3 Å². The maximum atomic E-state index is 9.23. The molecule has 2 aromatic rings. The summed E-state index contributed by atoms with van der Waals surface area (Å²) >= 11 is 0. The molecule has 3 N–H and O–H groups in total. The highest BCUT2D eigenvalue weighted by Crippen LogP contribution is 2.23. The fraction of sp³-hybridized carbons (Fsp3) is 0.450. The van der Waals surface area contributed by atoms with E-state index in [1.165, 1.54) is 0 Å². The van der Waals surface area contributed by atoms with Gasteiger partial charge in [0.2, 0.25) is 5.95 Å². The molecule has 1 aromatic carbocycles. The second-order valence-corrected chi connectivity index (χ2v) is 6.91. The van der Waals surface area contributed by atoms with E-state index in [0.29, 0.717) is 11.5 Å². The molecule has 1 saturated heterocycles. The summed E-state index contributed by atoms with van der Waals surface area (Å²) in [7, 11) is 0. The van der Waals surface area contributed by atoms with E-state index in [1.807, 2.05) is 25.1 Å². The third kappa shape index (κ3) is 4.30. The lowest BCUT2D eigenvalue weighted by molar-refractivity contribution is 0.503. The predicted octanol–water partition coefficient (Wildman–Crippen LogP) is 3.28. The standard InChI is InChI=1S/C20H26N6/c1-3-5-17-11-19(26-9-4-6-16(22)13-26)25-20(23-17)24-18-8-7-14(2)15(10-18)12-21/h7-8,10-11,16H,3-6,9,13,22H2,1-2H3,(H,23,24,25). The van der Waals surface area contributed by atoms with Crippen molar-refractivity contribution in [1.29, 1.82) is 5.26 Å². The van der Waals surface area contributed by atoms with Gasteiger partial charge in [0.1, 0.15) is 5.82 Å². The van der Waals surface area contributed by atoms with E-state index >= 15 is 0 Å². The second kappa shape index (κ2) is 8.15. The summed E-state index contributed by atoms with van der Waals surface area (Å²) in [5.41, 5.74) is 9.59. The van der Waals surface area contributed by atoms with Crippen LogP contribution in [0, 0.1) is 18.3 Å². The topological polar surface area (TPSA) is 90.9 Å². The lowest BCUT2D eigenvalue weighted by atomic mass is 10.1. The summed E-state index contributed by atoms with van der Waals surface area (Å²) < 4.78 is 0. The number of nitriles is 1. The summed E-state index contributed by atoms with van der Waals surface area (Å²) in [6.07, 6.45) is 4.08. The van der Waals surface area contributed by atoms with Gasteiger partial charge in [0.15, 0.2) is 0 Å². The monoisotopic (exact) mass is 350 g/mol. The molecule has 0 radical (unpaired) electrons. The van der Waals surface area contributed by atoms with Crippen LogP contribution in [0.25, 0.3) is 0 Å². The van der Waals surface area contributed by atoms with Crippen LogP contribution in [0.4, 0.5) is 17.5 Å². The summed E-state index contributed by atoms with van der Waals surface area (Å²) in [5.74, 6) is 1.49. The second-order valence-electron chi connectivity index (χ2n) is 6.91. The number of nitrogens with zero attached hydrogens (tertiary/aromatic N) is 4. The summed E-state index contributed by atoms with van der Waals surface area (Å²) in [5, 5.41) is 12.5. The number of aromatic nitrogens is 2. The SMILES string of the molecule is CCCc1cc(N2CCCC(N)C2)nc(Nc2ccc(C)c(C#N)c2)n1. The Labute approximate surface area is 155 Å². The van der Waals surface area contributed by atoms with Gasteiger partial charge in [-0.1, -0.05) is 19.4 Å². The number of aryl methyl sites for hydroxylation is 2. The Balaban J connectivity index is 1.89. The Bertz CT molecular complexity index is 810. The first-order valence-electron chi connectivity index (χ1n) is 9.25. The van der Waals surface area contributed by atoms with Gasteiger partial charge < -0.3 is 16.0 Å². The van der Waals surface area contributed by atoms with Crippen LogP contribution < -0.4 is 16.0 Å². The molecule has 1 aromatic heterocycles. The van der Waals surface area contributed by atoms with Crippen molar-refractivity contribution < 1.29 is 0 Å². The van der Waals surface area contributed by atoms with Crippen molar-refractivity contribution in [3.05, 3.63) is 41.1 Å². The molecule has 0 amide bonds. The molecule has 1 atom stereocenters. The zero-order chi connectivity index (χ0) is 18.5. The van der Waals surface area contributed by atoms with Crippen LogP contribution in [0.5, 0.6) is 0 Å². The van der Waals surface area contributed by atoms with E-state index < -0.39 is 0 Å². The first-order chi connectivity index (χ1) is 12.6. The Hall–Kier alpha value is -2.65. The molecule has 0 saturated carbocycles. The van der Waals surface area contributed by atoms with Gasteiger partial charge in [0.25, 0.3) is 0 Å². The van der Waals surface area contributed by atoms with Crippen molar-refractivity contribution in [3.8, 4) is 6.07 Å². The van der Waals surface area contributed by atoms with E-state index in [0.717, 1.165) is 61.5 Å². The molecule has 1 fully saturated rings. The first kappa shape index (κ1) is 18.2. The minimum Gasteiger partial charge on any atom is -0.355 e. The van der Waals surface area contributed by atoms with E-state index in [9.17, 15) is 5.26 Å². The van der Waals surface area contributed by atoms with E-state index in [2.05, 4.69) is 34.3 Å². The normalized spacial score (nSPS) is 17.0. The fourth-order valence-electron chi connectivity index (χ4n) is 3.25. The fourth-order valence-corrected chi connectivity index (χ4v) is 3.25. The average Bonchev–Trinajstić information content (AvgIpc) is 2.63. The molecule has 0 bridgehead atoms. The van der Waals surface area contributed by atoms with Gasteiger partial charge in [0.05, 0.1) is 11.6 Å². The lowest BCUT2D eigenvalue weighted by Crippen LogP contribution is -2.43. The summed E-state index contributed by atoms with van der Waals surface area (Å²) in [4.78, 5) is 11.6. The molecule has 6 nitrogen and oxygen atoms in total. The van der Waals surface area contributed by atoms with E-state index in [1.54, 1.807) is 0 Å². The molecule has 1 aliphatic rings. The Morgan fingerprint density at radius 3 is 2.92 bits per heavy atom. The van der Waals surface area contributed by atoms with Crippen molar-refractivity contribution in [2.24, 2.45) is 5.73 Å².